The molecule has 0 fully saturated rings. The van der Waals surface area contributed by atoms with Gasteiger partial charge >= 0.3 is 0 Å². The molecule has 1 aromatic rings. The Bertz CT molecular complexity index is 292. The molecule has 78 valence electrons. The fourth-order valence-electron chi connectivity index (χ4n) is 0.949. The van der Waals surface area contributed by atoms with E-state index in [1.54, 1.807) is 11.8 Å². The normalized spacial score (nSPS) is 13.2. The number of nitrogen functional groups attached to an aromatic ring is 1. The zero-order valence-electron chi connectivity index (χ0n) is 9.11. The van der Waals surface area contributed by atoms with Crippen LogP contribution in [0.4, 0.5) is 5.95 Å². The van der Waals surface area contributed by atoms with Crippen LogP contribution >= 0.6 is 11.8 Å². The Morgan fingerprint density at radius 1 is 1.29 bits per heavy atom. The van der Waals surface area contributed by atoms with Gasteiger partial charge in [-0.25, -0.2) is 9.97 Å². The minimum absolute atomic E-state index is 0.364. The average Bonchev–Trinajstić information content (AvgIpc) is 2.01. The molecule has 4 heteroatoms. The number of aromatic nitrogens is 2. The fraction of sp³-hybridized carbons (Fsp3) is 0.600. The highest BCUT2D eigenvalue weighted by Crippen LogP contribution is 2.26. The van der Waals surface area contributed by atoms with E-state index in [1.807, 2.05) is 13.0 Å². The third-order valence-corrected chi connectivity index (χ3v) is 3.46. The van der Waals surface area contributed by atoms with Gasteiger partial charge in [-0.3, -0.25) is 0 Å². The molecule has 3 nitrogen and oxygen atoms in total. The predicted octanol–water partition coefficient (Wildman–Crippen LogP) is 2.50. The molecule has 1 aromatic heterocycles. The zero-order chi connectivity index (χ0) is 10.7. The van der Waals surface area contributed by atoms with Crippen LogP contribution in [0.2, 0.25) is 0 Å². The number of rotatable bonds is 3. The molecule has 1 atom stereocenters. The highest BCUT2D eigenvalue weighted by molar-refractivity contribution is 7.99. The van der Waals surface area contributed by atoms with E-state index >= 15 is 0 Å². The highest BCUT2D eigenvalue weighted by Gasteiger charge is 2.10. The van der Waals surface area contributed by atoms with Crippen LogP contribution in [0.5, 0.6) is 0 Å². The van der Waals surface area contributed by atoms with Gasteiger partial charge in [-0.1, -0.05) is 20.8 Å². The average molecular weight is 211 g/mol. The summed E-state index contributed by atoms with van der Waals surface area (Å²) in [6, 6.07) is 1.97. The first-order valence-electron chi connectivity index (χ1n) is 4.77. The van der Waals surface area contributed by atoms with Gasteiger partial charge in [0.25, 0.3) is 0 Å². The smallest absolute Gasteiger partial charge is 0.221 e. The number of nitrogens with two attached hydrogens (primary N) is 1. The maximum atomic E-state index is 5.58. The highest BCUT2D eigenvalue weighted by atomic mass is 32.2. The van der Waals surface area contributed by atoms with E-state index in [9.17, 15) is 0 Å². The molecular weight excluding hydrogens is 194 g/mol. The predicted molar refractivity (Wildman–Crippen MR) is 61.3 cm³/mol. The molecule has 1 rings (SSSR count). The molecular formula is C10H17N3S. The van der Waals surface area contributed by atoms with Crippen LogP contribution in [-0.4, -0.2) is 15.2 Å². The second kappa shape index (κ2) is 4.64. The van der Waals surface area contributed by atoms with Gasteiger partial charge in [0, 0.05) is 10.9 Å². The molecule has 0 radical (unpaired) electrons. The van der Waals surface area contributed by atoms with Crippen LogP contribution in [0.25, 0.3) is 0 Å². The maximum Gasteiger partial charge on any atom is 0.221 e. The summed E-state index contributed by atoms with van der Waals surface area (Å²) in [7, 11) is 0. The monoisotopic (exact) mass is 211 g/mol. The molecule has 0 saturated carbocycles. The van der Waals surface area contributed by atoms with Crippen molar-refractivity contribution < 1.29 is 0 Å². The van der Waals surface area contributed by atoms with Crippen molar-refractivity contribution >= 4 is 17.7 Å². The lowest BCUT2D eigenvalue weighted by molar-refractivity contribution is 0.641. The van der Waals surface area contributed by atoms with Gasteiger partial charge in [-0.15, -0.1) is 11.8 Å². The number of nitrogens with zero attached hydrogens (tertiary/aromatic N) is 2. The second-order valence-corrected chi connectivity index (χ2v) is 5.17. The van der Waals surface area contributed by atoms with Crippen molar-refractivity contribution in [1.82, 2.24) is 9.97 Å². The van der Waals surface area contributed by atoms with Crippen molar-refractivity contribution in [2.75, 3.05) is 5.73 Å². The Hall–Kier alpha value is -0.770. The lowest BCUT2D eigenvalue weighted by Crippen LogP contribution is -2.07. The number of thioether (sulfide) groups is 1. The van der Waals surface area contributed by atoms with Gasteiger partial charge in [0.15, 0.2) is 0 Å². The lowest BCUT2D eigenvalue weighted by atomic mass is 10.2. The number of aryl methyl sites for hydroxylation is 1. The summed E-state index contributed by atoms with van der Waals surface area (Å²) in [6.45, 7) is 8.54. The van der Waals surface area contributed by atoms with Gasteiger partial charge in [-0.2, -0.15) is 0 Å². The number of hydrogen-bond acceptors (Lipinski definition) is 4. The van der Waals surface area contributed by atoms with Gasteiger partial charge in [-0.05, 0) is 18.9 Å². The maximum absolute atomic E-state index is 5.58. The Kier molecular flexibility index (Phi) is 3.75. The van der Waals surface area contributed by atoms with Crippen molar-refractivity contribution in [3.8, 4) is 0 Å². The van der Waals surface area contributed by atoms with Crippen LogP contribution < -0.4 is 5.73 Å². The summed E-state index contributed by atoms with van der Waals surface area (Å²) in [5, 5.41) is 1.51. The second-order valence-electron chi connectivity index (χ2n) is 3.77. The SMILES string of the molecule is Cc1cc(SC(C)C(C)C)nc(N)n1. The van der Waals surface area contributed by atoms with Gasteiger partial charge in [0.2, 0.25) is 5.95 Å². The van der Waals surface area contributed by atoms with E-state index in [4.69, 9.17) is 5.73 Å². The minimum atomic E-state index is 0.364. The van der Waals surface area contributed by atoms with Crippen LogP contribution in [0.3, 0.4) is 0 Å². The molecule has 0 aliphatic rings. The van der Waals surface area contributed by atoms with Crippen molar-refractivity contribution in [3.05, 3.63) is 11.8 Å². The first-order chi connectivity index (χ1) is 6.49. The molecule has 0 amide bonds. The third-order valence-electron chi connectivity index (χ3n) is 2.09. The van der Waals surface area contributed by atoms with Crippen LogP contribution in [0.15, 0.2) is 11.1 Å². The van der Waals surface area contributed by atoms with E-state index in [0.29, 0.717) is 17.1 Å². The summed E-state index contributed by atoms with van der Waals surface area (Å²) in [6.07, 6.45) is 0. The molecule has 0 aliphatic heterocycles. The molecule has 1 heterocycles. The van der Waals surface area contributed by atoms with Crippen LogP contribution in [0.1, 0.15) is 26.5 Å². The zero-order valence-corrected chi connectivity index (χ0v) is 9.93. The quantitative estimate of drug-likeness (QED) is 0.616. The molecule has 0 aliphatic carbocycles. The van der Waals surface area contributed by atoms with Gasteiger partial charge in [0.1, 0.15) is 5.03 Å². The van der Waals surface area contributed by atoms with Crippen LogP contribution in [0, 0.1) is 12.8 Å². The third kappa shape index (κ3) is 3.18. The molecule has 0 saturated heterocycles. The number of hydrogen-bond donors (Lipinski definition) is 1. The van der Waals surface area contributed by atoms with Crippen molar-refractivity contribution in [1.29, 1.82) is 0 Å². The van der Waals surface area contributed by atoms with E-state index in [2.05, 4.69) is 30.7 Å². The Morgan fingerprint density at radius 2 is 1.93 bits per heavy atom. The molecule has 0 spiro atoms. The summed E-state index contributed by atoms with van der Waals surface area (Å²) < 4.78 is 0. The molecule has 0 aromatic carbocycles. The summed E-state index contributed by atoms with van der Waals surface area (Å²) in [5.41, 5.74) is 6.50. The summed E-state index contributed by atoms with van der Waals surface area (Å²) >= 11 is 1.75. The van der Waals surface area contributed by atoms with Gasteiger partial charge < -0.3 is 5.73 Å². The Balaban J connectivity index is 2.76. The Morgan fingerprint density at radius 3 is 2.43 bits per heavy atom. The van der Waals surface area contributed by atoms with E-state index in [0.717, 1.165) is 10.7 Å². The standard InChI is InChI=1S/C10H17N3S/c1-6(2)8(4)14-9-5-7(3)12-10(11)13-9/h5-6,8H,1-4H3,(H2,11,12,13). The fourth-order valence-corrected chi connectivity index (χ4v) is 1.99. The summed E-state index contributed by atoms with van der Waals surface area (Å²) in [5.74, 6) is 1.000. The van der Waals surface area contributed by atoms with E-state index in [1.165, 1.54) is 0 Å². The molecule has 1 unspecified atom stereocenters. The summed E-state index contributed by atoms with van der Waals surface area (Å²) in [4.78, 5) is 8.23. The Labute approximate surface area is 89.5 Å². The first-order valence-corrected chi connectivity index (χ1v) is 5.65. The van der Waals surface area contributed by atoms with Crippen molar-refractivity contribution in [3.63, 3.8) is 0 Å². The molecule has 14 heavy (non-hydrogen) atoms. The molecule has 2 N–H and O–H groups in total. The van der Waals surface area contributed by atoms with E-state index < -0.39 is 0 Å². The first kappa shape index (κ1) is 11.3. The van der Waals surface area contributed by atoms with Crippen LogP contribution in [-0.2, 0) is 0 Å². The van der Waals surface area contributed by atoms with Gasteiger partial charge in [0.05, 0.1) is 0 Å². The topological polar surface area (TPSA) is 51.8 Å². The van der Waals surface area contributed by atoms with Crippen molar-refractivity contribution in [2.24, 2.45) is 5.92 Å². The molecule has 0 bridgehead atoms. The van der Waals surface area contributed by atoms with Crippen molar-refractivity contribution in [2.45, 2.75) is 38.0 Å². The lowest BCUT2D eigenvalue weighted by Gasteiger charge is -2.14. The minimum Gasteiger partial charge on any atom is -0.368 e. The van der Waals surface area contributed by atoms with E-state index in [-0.39, 0.29) is 0 Å². The largest absolute Gasteiger partial charge is 0.368 e. The number of anilines is 1.